The van der Waals surface area contributed by atoms with E-state index in [4.69, 9.17) is 9.47 Å². The van der Waals surface area contributed by atoms with E-state index in [1.807, 2.05) is 42.5 Å². The summed E-state index contributed by atoms with van der Waals surface area (Å²) in [5, 5.41) is 2.81. The van der Waals surface area contributed by atoms with Crippen LogP contribution in [0.1, 0.15) is 5.56 Å². The second kappa shape index (κ2) is 6.17. The zero-order valence-corrected chi connectivity index (χ0v) is 13.2. The quantitative estimate of drug-likeness (QED) is 0.640. The van der Waals surface area contributed by atoms with Gasteiger partial charge in [-0.15, -0.1) is 0 Å². The summed E-state index contributed by atoms with van der Waals surface area (Å²) < 4.78 is 11.7. The number of carbonyl (C=O) groups is 1. The van der Waals surface area contributed by atoms with Crippen molar-refractivity contribution in [3.05, 3.63) is 57.7 Å². The number of ether oxygens (including phenoxy) is 2. The smallest absolute Gasteiger partial charge is 0.248 e. The summed E-state index contributed by atoms with van der Waals surface area (Å²) in [6.45, 7) is 0.246. The highest BCUT2D eigenvalue weighted by molar-refractivity contribution is 14.1. The molecule has 106 valence electrons. The molecule has 21 heavy (non-hydrogen) atoms. The number of fused-ring (bicyclic) bond motifs is 1. The second-order valence-corrected chi connectivity index (χ2v) is 5.69. The number of halogens is 1. The Morgan fingerprint density at radius 3 is 2.67 bits per heavy atom. The largest absolute Gasteiger partial charge is 0.454 e. The molecule has 1 aliphatic rings. The molecule has 0 saturated heterocycles. The van der Waals surface area contributed by atoms with Gasteiger partial charge >= 0.3 is 0 Å². The summed E-state index contributed by atoms with van der Waals surface area (Å²) in [5.74, 6) is 1.26. The molecule has 0 aromatic heterocycles. The van der Waals surface area contributed by atoms with Crippen molar-refractivity contribution in [2.75, 3.05) is 12.1 Å². The fraction of sp³-hybridized carbons (Fsp3) is 0.0625. The number of anilines is 1. The average molecular weight is 393 g/mol. The fourth-order valence-corrected chi connectivity index (χ4v) is 2.27. The first-order valence-electron chi connectivity index (χ1n) is 6.35. The Bertz CT molecular complexity index is 695. The summed E-state index contributed by atoms with van der Waals surface area (Å²) in [5.41, 5.74) is 1.66. The molecule has 0 spiro atoms. The van der Waals surface area contributed by atoms with Crippen molar-refractivity contribution in [2.45, 2.75) is 0 Å². The number of hydrogen-bond donors (Lipinski definition) is 1. The van der Waals surface area contributed by atoms with Crippen LogP contribution in [0.4, 0.5) is 5.69 Å². The van der Waals surface area contributed by atoms with Gasteiger partial charge in [-0.2, -0.15) is 0 Å². The monoisotopic (exact) mass is 393 g/mol. The fourth-order valence-electron chi connectivity index (χ4n) is 1.91. The normalized spacial score (nSPS) is 12.6. The van der Waals surface area contributed by atoms with Gasteiger partial charge in [-0.25, -0.2) is 0 Å². The zero-order chi connectivity index (χ0) is 14.7. The van der Waals surface area contributed by atoms with Crippen molar-refractivity contribution in [1.82, 2.24) is 0 Å². The molecule has 0 fully saturated rings. The summed E-state index contributed by atoms with van der Waals surface area (Å²) >= 11 is 2.22. The molecular formula is C16H12INO3. The minimum absolute atomic E-state index is 0.172. The predicted molar refractivity (Wildman–Crippen MR) is 89.4 cm³/mol. The van der Waals surface area contributed by atoms with Gasteiger partial charge in [0.05, 0.1) is 0 Å². The van der Waals surface area contributed by atoms with Gasteiger partial charge in [0.15, 0.2) is 11.5 Å². The molecule has 1 heterocycles. The Balaban J connectivity index is 1.65. The van der Waals surface area contributed by atoms with Gasteiger partial charge in [0, 0.05) is 15.3 Å². The number of hydrogen-bond acceptors (Lipinski definition) is 3. The lowest BCUT2D eigenvalue weighted by Crippen LogP contribution is -2.07. The van der Waals surface area contributed by atoms with Crippen molar-refractivity contribution in [3.8, 4) is 11.5 Å². The van der Waals surface area contributed by atoms with Crippen LogP contribution in [0, 0.1) is 3.57 Å². The molecule has 2 aromatic carbocycles. The lowest BCUT2D eigenvalue weighted by molar-refractivity contribution is -0.111. The van der Waals surface area contributed by atoms with Crippen LogP contribution in [0.25, 0.3) is 6.08 Å². The molecule has 5 heteroatoms. The summed E-state index contributed by atoms with van der Waals surface area (Å²) in [6.07, 6.45) is 3.24. The molecular weight excluding hydrogens is 381 g/mol. The lowest BCUT2D eigenvalue weighted by atomic mass is 10.2. The van der Waals surface area contributed by atoms with Gasteiger partial charge in [-0.1, -0.05) is 6.07 Å². The van der Waals surface area contributed by atoms with Crippen LogP contribution in [-0.2, 0) is 4.79 Å². The minimum atomic E-state index is -0.172. The SMILES string of the molecule is O=C(/C=C/c1ccc2c(c1)OCO2)Nc1ccc(I)cc1. The Labute approximate surface area is 135 Å². The molecule has 3 rings (SSSR count). The third-order valence-electron chi connectivity index (χ3n) is 2.94. The van der Waals surface area contributed by atoms with Gasteiger partial charge in [0.1, 0.15) is 0 Å². The molecule has 1 aliphatic heterocycles. The van der Waals surface area contributed by atoms with Gasteiger partial charge in [-0.3, -0.25) is 4.79 Å². The molecule has 0 aliphatic carbocycles. The highest BCUT2D eigenvalue weighted by atomic mass is 127. The van der Waals surface area contributed by atoms with Crippen LogP contribution in [0.5, 0.6) is 11.5 Å². The van der Waals surface area contributed by atoms with Crippen molar-refractivity contribution in [3.63, 3.8) is 0 Å². The van der Waals surface area contributed by atoms with Gasteiger partial charge in [0.25, 0.3) is 0 Å². The van der Waals surface area contributed by atoms with Crippen LogP contribution < -0.4 is 14.8 Å². The minimum Gasteiger partial charge on any atom is -0.454 e. The second-order valence-electron chi connectivity index (χ2n) is 4.44. The topological polar surface area (TPSA) is 47.6 Å². The molecule has 1 N–H and O–H groups in total. The van der Waals surface area contributed by atoms with E-state index in [0.717, 1.165) is 20.6 Å². The molecule has 0 bridgehead atoms. The number of benzene rings is 2. The van der Waals surface area contributed by atoms with Crippen molar-refractivity contribution in [2.24, 2.45) is 0 Å². The summed E-state index contributed by atoms with van der Waals surface area (Å²) in [6, 6.07) is 13.2. The van der Waals surface area contributed by atoms with Crippen LogP contribution in [0.15, 0.2) is 48.5 Å². The molecule has 4 nitrogen and oxygen atoms in total. The Morgan fingerprint density at radius 2 is 1.86 bits per heavy atom. The molecule has 0 unspecified atom stereocenters. The van der Waals surface area contributed by atoms with Crippen LogP contribution in [0.2, 0.25) is 0 Å². The zero-order valence-electron chi connectivity index (χ0n) is 11.0. The maximum atomic E-state index is 11.8. The van der Waals surface area contributed by atoms with Crippen molar-refractivity contribution >= 4 is 40.3 Å². The predicted octanol–water partition coefficient (Wildman–Crippen LogP) is 3.67. The van der Waals surface area contributed by atoms with Gasteiger partial charge in [-0.05, 0) is 70.6 Å². The third-order valence-corrected chi connectivity index (χ3v) is 3.65. The first-order valence-corrected chi connectivity index (χ1v) is 7.43. The molecule has 0 radical (unpaired) electrons. The molecule has 0 saturated carbocycles. The number of nitrogens with one attached hydrogen (secondary N) is 1. The van der Waals surface area contributed by atoms with E-state index < -0.39 is 0 Å². The number of amides is 1. The Kier molecular flexibility index (Phi) is 4.10. The van der Waals surface area contributed by atoms with Crippen molar-refractivity contribution < 1.29 is 14.3 Å². The highest BCUT2D eigenvalue weighted by Gasteiger charge is 2.12. The third kappa shape index (κ3) is 3.55. The maximum Gasteiger partial charge on any atom is 0.248 e. The summed E-state index contributed by atoms with van der Waals surface area (Å²) in [4.78, 5) is 11.8. The van der Waals surface area contributed by atoms with Gasteiger partial charge < -0.3 is 14.8 Å². The number of carbonyl (C=O) groups excluding carboxylic acids is 1. The Hall–Kier alpha value is -2.02. The van der Waals surface area contributed by atoms with E-state index in [2.05, 4.69) is 27.9 Å². The Morgan fingerprint density at radius 1 is 1.10 bits per heavy atom. The highest BCUT2D eigenvalue weighted by Crippen LogP contribution is 2.32. The lowest BCUT2D eigenvalue weighted by Gasteiger charge is -2.02. The van der Waals surface area contributed by atoms with E-state index in [9.17, 15) is 4.79 Å². The average Bonchev–Trinajstić information content (AvgIpc) is 2.95. The molecule has 1 amide bonds. The van der Waals surface area contributed by atoms with Crippen molar-refractivity contribution in [1.29, 1.82) is 0 Å². The van der Waals surface area contributed by atoms with Crippen LogP contribution in [-0.4, -0.2) is 12.7 Å². The van der Waals surface area contributed by atoms with Crippen LogP contribution >= 0.6 is 22.6 Å². The number of rotatable bonds is 3. The van der Waals surface area contributed by atoms with Gasteiger partial charge in [0.2, 0.25) is 12.7 Å². The molecule has 0 atom stereocenters. The van der Waals surface area contributed by atoms with Crippen LogP contribution in [0.3, 0.4) is 0 Å². The first kappa shape index (κ1) is 13.9. The van der Waals surface area contributed by atoms with E-state index >= 15 is 0 Å². The molecule has 2 aromatic rings. The van der Waals surface area contributed by atoms with E-state index in [0.29, 0.717) is 5.75 Å². The van der Waals surface area contributed by atoms with E-state index in [1.165, 1.54) is 6.08 Å². The standard InChI is InChI=1S/C16H12INO3/c17-12-3-5-13(6-4-12)18-16(19)8-2-11-1-7-14-15(9-11)21-10-20-14/h1-9H,10H2,(H,18,19)/b8-2+. The van der Waals surface area contributed by atoms with E-state index in [-0.39, 0.29) is 12.7 Å². The maximum absolute atomic E-state index is 11.8. The first-order chi connectivity index (χ1) is 10.2. The van der Waals surface area contributed by atoms with E-state index in [1.54, 1.807) is 6.08 Å². The summed E-state index contributed by atoms with van der Waals surface area (Å²) in [7, 11) is 0.